The van der Waals surface area contributed by atoms with Crippen LogP contribution in [0.4, 0.5) is 0 Å². The molecule has 0 aliphatic heterocycles. The summed E-state index contributed by atoms with van der Waals surface area (Å²) in [6, 6.07) is 21.2. The van der Waals surface area contributed by atoms with E-state index in [1.54, 1.807) is 7.05 Å². The largest absolute Gasteiger partial charge is 0.356 e. The molecule has 0 aliphatic rings. The van der Waals surface area contributed by atoms with E-state index in [-0.39, 0.29) is 35.8 Å². The Morgan fingerprint density at radius 2 is 1.31 bits per heavy atom. The first kappa shape index (κ1) is 24.9. The molecule has 0 bridgehead atoms. The molecule has 3 N–H and O–H groups in total. The molecule has 0 aromatic heterocycles. The quantitative estimate of drug-likeness (QED) is 0.209. The molecule has 0 fully saturated rings. The smallest absolute Gasteiger partial charge is 0.222 e. The summed E-state index contributed by atoms with van der Waals surface area (Å²) in [6.45, 7) is 5.79. The van der Waals surface area contributed by atoms with Crippen LogP contribution in [0.5, 0.6) is 0 Å². The second-order valence-electron chi connectivity index (χ2n) is 7.03. The van der Waals surface area contributed by atoms with Crippen molar-refractivity contribution in [1.29, 1.82) is 0 Å². The zero-order chi connectivity index (χ0) is 20.2. The van der Waals surface area contributed by atoms with E-state index in [0.29, 0.717) is 19.0 Å². The van der Waals surface area contributed by atoms with Gasteiger partial charge in [0.05, 0.1) is 0 Å². The number of nitrogens with zero attached hydrogens (tertiary/aromatic N) is 1. The summed E-state index contributed by atoms with van der Waals surface area (Å²) in [5, 5.41) is 9.51. The number of hydrogen-bond donors (Lipinski definition) is 3. The molecule has 6 heteroatoms. The molecular weight excluding hydrogens is 475 g/mol. The van der Waals surface area contributed by atoms with Gasteiger partial charge in [0.2, 0.25) is 5.91 Å². The van der Waals surface area contributed by atoms with Crippen LogP contribution in [0, 0.1) is 5.92 Å². The Labute approximate surface area is 191 Å². The lowest BCUT2D eigenvalue weighted by atomic mass is 9.88. The number of guanidine groups is 1. The number of benzene rings is 2. The lowest BCUT2D eigenvalue weighted by molar-refractivity contribution is -0.123. The predicted octanol–water partition coefficient (Wildman–Crippen LogP) is 3.76. The van der Waals surface area contributed by atoms with Crippen LogP contribution in [0.25, 0.3) is 0 Å². The first-order valence-corrected chi connectivity index (χ1v) is 9.94. The molecular formula is C23H33IN4O. The summed E-state index contributed by atoms with van der Waals surface area (Å²) in [7, 11) is 1.76. The summed E-state index contributed by atoms with van der Waals surface area (Å²) in [5.74, 6) is 1.15. The average Bonchev–Trinajstić information content (AvgIpc) is 2.73. The molecule has 0 saturated heterocycles. The molecule has 0 saturated carbocycles. The molecule has 0 heterocycles. The third kappa shape index (κ3) is 8.85. The summed E-state index contributed by atoms with van der Waals surface area (Å²) < 4.78 is 0. The molecule has 0 spiro atoms. The zero-order valence-electron chi connectivity index (χ0n) is 17.5. The Morgan fingerprint density at radius 1 is 0.828 bits per heavy atom. The molecule has 0 aliphatic carbocycles. The summed E-state index contributed by atoms with van der Waals surface area (Å²) in [4.78, 5) is 15.9. The Morgan fingerprint density at radius 3 is 1.79 bits per heavy atom. The summed E-state index contributed by atoms with van der Waals surface area (Å²) in [6.07, 6.45) is 0.957. The minimum Gasteiger partial charge on any atom is -0.356 e. The molecule has 29 heavy (non-hydrogen) atoms. The fraction of sp³-hybridized carbons (Fsp3) is 0.391. The van der Waals surface area contributed by atoms with Gasteiger partial charge in [-0.1, -0.05) is 74.5 Å². The van der Waals surface area contributed by atoms with Crippen LogP contribution >= 0.6 is 24.0 Å². The van der Waals surface area contributed by atoms with Crippen LogP contribution in [0.3, 0.4) is 0 Å². The highest BCUT2D eigenvalue weighted by Crippen LogP contribution is 2.27. The lowest BCUT2D eigenvalue weighted by Crippen LogP contribution is -2.42. The van der Waals surface area contributed by atoms with Crippen molar-refractivity contribution in [3.63, 3.8) is 0 Å². The maximum absolute atomic E-state index is 11.6. The van der Waals surface area contributed by atoms with Gasteiger partial charge in [-0.3, -0.25) is 9.79 Å². The maximum atomic E-state index is 11.6. The first-order valence-electron chi connectivity index (χ1n) is 9.94. The monoisotopic (exact) mass is 508 g/mol. The molecule has 0 atom stereocenters. The van der Waals surface area contributed by atoms with Gasteiger partial charge in [0.1, 0.15) is 0 Å². The van der Waals surface area contributed by atoms with Crippen molar-refractivity contribution in [2.45, 2.75) is 26.2 Å². The van der Waals surface area contributed by atoms with Crippen LogP contribution in [0.15, 0.2) is 65.7 Å². The lowest BCUT2D eigenvalue weighted by Gasteiger charge is -2.19. The molecule has 0 unspecified atom stereocenters. The topological polar surface area (TPSA) is 65.5 Å². The van der Waals surface area contributed by atoms with Crippen molar-refractivity contribution in [1.82, 2.24) is 16.0 Å². The summed E-state index contributed by atoms with van der Waals surface area (Å²) >= 11 is 0. The highest BCUT2D eigenvalue weighted by atomic mass is 127. The van der Waals surface area contributed by atoms with Crippen LogP contribution in [-0.4, -0.2) is 38.5 Å². The van der Waals surface area contributed by atoms with Crippen molar-refractivity contribution in [3.8, 4) is 0 Å². The molecule has 2 aromatic carbocycles. The highest BCUT2D eigenvalue weighted by Gasteiger charge is 2.13. The van der Waals surface area contributed by atoms with Gasteiger partial charge in [0, 0.05) is 38.5 Å². The van der Waals surface area contributed by atoms with E-state index in [1.165, 1.54) is 11.1 Å². The average molecular weight is 508 g/mol. The predicted molar refractivity (Wildman–Crippen MR) is 132 cm³/mol. The van der Waals surface area contributed by atoms with Gasteiger partial charge in [0.15, 0.2) is 5.96 Å². The van der Waals surface area contributed by atoms with Crippen LogP contribution in [-0.2, 0) is 4.79 Å². The Kier molecular flexibility index (Phi) is 12.0. The molecule has 0 radical (unpaired) electrons. The maximum Gasteiger partial charge on any atom is 0.222 e. The number of aliphatic imine (C=N–C) groups is 1. The number of nitrogens with one attached hydrogen (secondary N) is 3. The normalized spacial score (nSPS) is 11.1. The third-order valence-electron chi connectivity index (χ3n) is 4.59. The molecule has 2 rings (SSSR count). The van der Waals surface area contributed by atoms with Crippen LogP contribution in [0.1, 0.15) is 37.3 Å². The van der Waals surface area contributed by atoms with Gasteiger partial charge < -0.3 is 16.0 Å². The third-order valence-corrected chi connectivity index (χ3v) is 4.59. The molecule has 158 valence electrons. The Bertz CT molecular complexity index is 696. The minimum absolute atomic E-state index is 0. The highest BCUT2D eigenvalue weighted by molar-refractivity contribution is 14.0. The van der Waals surface area contributed by atoms with Gasteiger partial charge in [-0.25, -0.2) is 0 Å². The van der Waals surface area contributed by atoms with Gasteiger partial charge in [-0.2, -0.15) is 0 Å². The molecule has 5 nitrogen and oxygen atoms in total. The molecule has 1 amide bonds. The standard InChI is InChI=1S/C23H32N4O.HI/c1-18(2)22(28)25-16-17-27-23(24-3)26-15-14-21(19-10-6-4-7-11-19)20-12-8-5-9-13-20;/h4-13,18,21H,14-17H2,1-3H3,(H,25,28)(H2,24,26,27);1H. The number of halogens is 1. The second kappa shape index (κ2) is 14.0. The number of rotatable bonds is 9. The fourth-order valence-corrected chi connectivity index (χ4v) is 3.02. The number of carbonyl (C=O) groups excluding carboxylic acids is 1. The van der Waals surface area contributed by atoms with E-state index < -0.39 is 0 Å². The first-order chi connectivity index (χ1) is 13.6. The van der Waals surface area contributed by atoms with Gasteiger partial charge in [-0.15, -0.1) is 24.0 Å². The van der Waals surface area contributed by atoms with Crippen LogP contribution in [0.2, 0.25) is 0 Å². The van der Waals surface area contributed by atoms with Gasteiger partial charge in [-0.05, 0) is 17.5 Å². The number of carbonyl (C=O) groups is 1. The van der Waals surface area contributed by atoms with E-state index in [1.807, 2.05) is 26.0 Å². The minimum atomic E-state index is 0. The van der Waals surface area contributed by atoms with Crippen molar-refractivity contribution in [3.05, 3.63) is 71.8 Å². The SMILES string of the molecule is CN=C(NCCNC(=O)C(C)C)NCCC(c1ccccc1)c1ccccc1.I. The number of amides is 1. The van der Waals surface area contributed by atoms with Crippen LogP contribution < -0.4 is 16.0 Å². The van der Waals surface area contributed by atoms with Crippen molar-refractivity contribution >= 4 is 35.8 Å². The fourth-order valence-electron chi connectivity index (χ4n) is 3.02. The summed E-state index contributed by atoms with van der Waals surface area (Å²) in [5.41, 5.74) is 2.63. The van der Waals surface area contributed by atoms with E-state index in [9.17, 15) is 4.79 Å². The number of hydrogen-bond acceptors (Lipinski definition) is 2. The van der Waals surface area contributed by atoms with Gasteiger partial charge >= 0.3 is 0 Å². The van der Waals surface area contributed by atoms with E-state index >= 15 is 0 Å². The molecule has 2 aromatic rings. The van der Waals surface area contributed by atoms with Crippen molar-refractivity contribution in [2.75, 3.05) is 26.7 Å². The van der Waals surface area contributed by atoms with E-state index in [0.717, 1.165) is 18.9 Å². The Balaban J connectivity index is 0.00000420. The van der Waals surface area contributed by atoms with E-state index in [4.69, 9.17) is 0 Å². The zero-order valence-corrected chi connectivity index (χ0v) is 19.9. The second-order valence-corrected chi connectivity index (χ2v) is 7.03. The Hall–Kier alpha value is -2.09. The van der Waals surface area contributed by atoms with Crippen molar-refractivity contribution < 1.29 is 4.79 Å². The van der Waals surface area contributed by atoms with Crippen molar-refractivity contribution in [2.24, 2.45) is 10.9 Å². The van der Waals surface area contributed by atoms with Gasteiger partial charge in [0.25, 0.3) is 0 Å². The van der Waals surface area contributed by atoms with E-state index in [2.05, 4.69) is 69.5 Å².